The third-order valence-electron chi connectivity index (χ3n) is 4.62. The van der Waals surface area contributed by atoms with Crippen LogP contribution in [0, 0.1) is 0 Å². The molecule has 0 bridgehead atoms. The highest BCUT2D eigenvalue weighted by atomic mass is 32.2. The van der Waals surface area contributed by atoms with Gasteiger partial charge in [-0.05, 0) is 12.5 Å². The van der Waals surface area contributed by atoms with E-state index in [0.717, 1.165) is 35.2 Å². The number of nitrogens with zero attached hydrogens (tertiary/aromatic N) is 5. The fourth-order valence-corrected chi connectivity index (χ4v) is 3.98. The van der Waals surface area contributed by atoms with Gasteiger partial charge in [-0.25, -0.2) is 18.1 Å². The molecule has 3 aromatic heterocycles. The number of nitrogens with one attached hydrogen (secondary N) is 1. The summed E-state index contributed by atoms with van der Waals surface area (Å²) in [5.74, 6) is 0.188. The van der Waals surface area contributed by atoms with E-state index in [0.29, 0.717) is 25.3 Å². The van der Waals surface area contributed by atoms with E-state index in [2.05, 4.69) is 14.8 Å². The highest BCUT2D eigenvalue weighted by Crippen LogP contribution is 2.31. The molecular weight excluding hydrogens is 396 g/mol. The van der Waals surface area contributed by atoms with Gasteiger partial charge in [0, 0.05) is 30.8 Å². The molecule has 0 saturated heterocycles. The van der Waals surface area contributed by atoms with Crippen LogP contribution in [-0.2, 0) is 34.6 Å². The highest BCUT2D eigenvalue weighted by molar-refractivity contribution is 7.92. The highest BCUT2D eigenvalue weighted by Gasteiger charge is 2.23. The third kappa shape index (κ3) is 3.96. The summed E-state index contributed by atoms with van der Waals surface area (Å²) in [5, 5.41) is 9.09. The molecule has 0 spiro atoms. The lowest BCUT2D eigenvalue weighted by Crippen LogP contribution is -2.12. The van der Waals surface area contributed by atoms with Gasteiger partial charge in [0.25, 0.3) is 0 Å². The summed E-state index contributed by atoms with van der Waals surface area (Å²) >= 11 is 0. The van der Waals surface area contributed by atoms with Crippen LogP contribution in [0.25, 0.3) is 16.9 Å². The molecule has 0 atom stereocenters. The lowest BCUT2D eigenvalue weighted by molar-refractivity contribution is 0.145. The van der Waals surface area contributed by atoms with Crippen LogP contribution in [0.3, 0.4) is 0 Å². The first kappa shape index (κ1) is 19.4. The molecule has 10 nitrogen and oxygen atoms in total. The van der Waals surface area contributed by atoms with Crippen LogP contribution in [0.5, 0.6) is 5.88 Å². The van der Waals surface area contributed by atoms with E-state index in [1.807, 2.05) is 13.2 Å². The quantitative estimate of drug-likeness (QED) is 0.661. The summed E-state index contributed by atoms with van der Waals surface area (Å²) in [4.78, 5) is 4.26. The average molecular weight is 418 g/mol. The van der Waals surface area contributed by atoms with Crippen molar-refractivity contribution in [3.8, 4) is 22.8 Å². The van der Waals surface area contributed by atoms with Crippen LogP contribution < -0.4 is 9.46 Å². The molecular formula is C18H22N6O4S. The number of sulfonamides is 1. The predicted octanol–water partition coefficient (Wildman–Crippen LogP) is 1.16. The number of fused-ring (bicyclic) bond motifs is 1. The van der Waals surface area contributed by atoms with Crippen molar-refractivity contribution in [3.63, 3.8) is 0 Å². The smallest absolute Gasteiger partial charge is 0.238 e. The molecule has 0 radical (unpaired) electrons. The minimum atomic E-state index is -3.50. The molecule has 4 heterocycles. The summed E-state index contributed by atoms with van der Waals surface area (Å²) in [6.45, 7) is 1.21. The Bertz CT molecular complexity index is 1150. The zero-order chi connectivity index (χ0) is 20.6. The molecule has 29 heavy (non-hydrogen) atoms. The lowest BCUT2D eigenvalue weighted by Gasteiger charge is -2.12. The van der Waals surface area contributed by atoms with E-state index in [-0.39, 0.29) is 11.6 Å². The normalized spacial score (nSPS) is 14.3. The van der Waals surface area contributed by atoms with Crippen LogP contribution in [0.15, 0.2) is 24.7 Å². The van der Waals surface area contributed by atoms with Gasteiger partial charge in [-0.3, -0.25) is 9.40 Å². The molecule has 1 N–H and O–H groups in total. The van der Waals surface area contributed by atoms with Crippen LogP contribution >= 0.6 is 0 Å². The SMILES string of the molecule is COc1ncc(-n2nc(-c3cnn(C)c3)c3c2CCOCC3)cc1NS(C)(=O)=O. The van der Waals surface area contributed by atoms with Gasteiger partial charge in [0.05, 0.1) is 56.0 Å². The molecule has 1 aliphatic rings. The summed E-state index contributed by atoms with van der Waals surface area (Å²) in [5.41, 5.74) is 4.75. The average Bonchev–Trinajstić information content (AvgIpc) is 3.15. The number of methoxy groups -OCH3 is 1. The van der Waals surface area contributed by atoms with E-state index in [1.165, 1.54) is 7.11 Å². The second kappa shape index (κ2) is 7.48. The monoisotopic (exact) mass is 418 g/mol. The maximum absolute atomic E-state index is 11.7. The predicted molar refractivity (Wildman–Crippen MR) is 107 cm³/mol. The van der Waals surface area contributed by atoms with Crippen LogP contribution in [0.1, 0.15) is 11.3 Å². The Balaban J connectivity index is 1.87. The molecule has 0 unspecified atom stereocenters. The fourth-order valence-electron chi connectivity index (χ4n) is 3.43. The number of rotatable bonds is 5. The second-order valence-corrected chi connectivity index (χ2v) is 8.57. The van der Waals surface area contributed by atoms with Crippen LogP contribution in [0.4, 0.5) is 5.69 Å². The first-order valence-electron chi connectivity index (χ1n) is 9.05. The topological polar surface area (TPSA) is 113 Å². The number of hydrogen-bond donors (Lipinski definition) is 1. The minimum absolute atomic E-state index is 0.188. The minimum Gasteiger partial charge on any atom is -0.479 e. The first-order chi connectivity index (χ1) is 13.9. The molecule has 3 aromatic rings. The van der Waals surface area contributed by atoms with Crippen molar-refractivity contribution in [1.29, 1.82) is 0 Å². The number of hydrogen-bond acceptors (Lipinski definition) is 7. The molecule has 0 amide bonds. The molecule has 154 valence electrons. The summed E-state index contributed by atoms with van der Waals surface area (Å²) in [7, 11) is -0.200. The zero-order valence-electron chi connectivity index (χ0n) is 16.4. The van der Waals surface area contributed by atoms with Crippen molar-refractivity contribution in [2.24, 2.45) is 7.05 Å². The van der Waals surface area contributed by atoms with Gasteiger partial charge in [0.2, 0.25) is 15.9 Å². The van der Waals surface area contributed by atoms with E-state index in [4.69, 9.17) is 14.6 Å². The van der Waals surface area contributed by atoms with Gasteiger partial charge in [0.15, 0.2) is 0 Å². The van der Waals surface area contributed by atoms with E-state index < -0.39 is 10.0 Å². The lowest BCUT2D eigenvalue weighted by atomic mass is 10.1. The van der Waals surface area contributed by atoms with Gasteiger partial charge in [-0.1, -0.05) is 0 Å². The Hall–Kier alpha value is -2.92. The Labute approximate surface area is 168 Å². The van der Waals surface area contributed by atoms with Gasteiger partial charge < -0.3 is 9.47 Å². The largest absolute Gasteiger partial charge is 0.479 e. The van der Waals surface area contributed by atoms with Crippen molar-refractivity contribution in [2.45, 2.75) is 12.8 Å². The number of pyridine rings is 1. The molecule has 1 aliphatic heterocycles. The number of aromatic nitrogens is 5. The maximum Gasteiger partial charge on any atom is 0.238 e. The van der Waals surface area contributed by atoms with Crippen molar-refractivity contribution in [1.82, 2.24) is 24.5 Å². The van der Waals surface area contributed by atoms with Gasteiger partial charge in [-0.2, -0.15) is 10.2 Å². The first-order valence-corrected chi connectivity index (χ1v) is 10.9. The Kier molecular flexibility index (Phi) is 5.01. The van der Waals surface area contributed by atoms with E-state index >= 15 is 0 Å². The summed E-state index contributed by atoms with van der Waals surface area (Å²) < 4.78 is 40.3. The van der Waals surface area contributed by atoms with Gasteiger partial charge in [0.1, 0.15) is 5.69 Å². The fraction of sp³-hybridized carbons (Fsp3) is 0.389. The second-order valence-electron chi connectivity index (χ2n) is 6.83. The molecule has 4 rings (SSSR count). The van der Waals surface area contributed by atoms with E-state index in [1.54, 1.807) is 27.8 Å². The molecule has 0 fully saturated rings. The molecule has 0 saturated carbocycles. The molecule has 11 heteroatoms. The molecule has 0 aromatic carbocycles. The Morgan fingerprint density at radius 3 is 2.72 bits per heavy atom. The van der Waals surface area contributed by atoms with Crippen molar-refractivity contribution in [3.05, 3.63) is 35.9 Å². The summed E-state index contributed by atoms with van der Waals surface area (Å²) in [6.07, 6.45) is 7.81. The summed E-state index contributed by atoms with van der Waals surface area (Å²) in [6, 6.07) is 1.67. The number of anilines is 1. The van der Waals surface area contributed by atoms with Crippen molar-refractivity contribution >= 4 is 15.7 Å². The Morgan fingerprint density at radius 2 is 2.03 bits per heavy atom. The maximum atomic E-state index is 11.7. The number of ether oxygens (including phenoxy) is 2. The Morgan fingerprint density at radius 1 is 1.24 bits per heavy atom. The third-order valence-corrected chi connectivity index (χ3v) is 5.21. The zero-order valence-corrected chi connectivity index (χ0v) is 17.2. The standard InChI is InChI=1S/C18H22N6O4S/c1-23-11-12(9-20-23)17-14-4-6-28-7-5-16(14)24(21-17)13-8-15(22-29(3,25)26)18(27-2)19-10-13/h8-11,22H,4-7H2,1-3H3. The van der Waals surface area contributed by atoms with Crippen LogP contribution in [-0.4, -0.2) is 59.5 Å². The number of aryl methyl sites for hydroxylation is 1. The van der Waals surface area contributed by atoms with E-state index in [9.17, 15) is 8.42 Å². The van der Waals surface area contributed by atoms with Gasteiger partial charge >= 0.3 is 0 Å². The van der Waals surface area contributed by atoms with Crippen molar-refractivity contribution < 1.29 is 17.9 Å². The van der Waals surface area contributed by atoms with Gasteiger partial charge in [-0.15, -0.1) is 0 Å². The van der Waals surface area contributed by atoms with Crippen molar-refractivity contribution in [2.75, 3.05) is 31.3 Å². The van der Waals surface area contributed by atoms with Crippen LogP contribution in [0.2, 0.25) is 0 Å². The molecule has 0 aliphatic carbocycles.